The van der Waals surface area contributed by atoms with Crippen LogP contribution in [0, 0.1) is 0 Å². The number of unbranched alkanes of at least 4 members (excludes halogenated alkanes) is 19. The molecule has 444 valence electrons. The molecular formula is C73H116O6. The molecule has 0 fully saturated rings. The summed E-state index contributed by atoms with van der Waals surface area (Å²) >= 11 is 0. The molecule has 0 bridgehead atoms. The third-order valence-corrected chi connectivity index (χ3v) is 13.0. The molecule has 0 rings (SSSR count). The lowest BCUT2D eigenvalue weighted by atomic mass is 10.1. The second kappa shape index (κ2) is 65.5. The highest BCUT2D eigenvalue weighted by atomic mass is 16.6. The fraction of sp³-hybridized carbons (Fsp3) is 0.603. The minimum atomic E-state index is -0.806. The van der Waals surface area contributed by atoms with Gasteiger partial charge in [0.1, 0.15) is 13.2 Å². The minimum absolute atomic E-state index is 0.101. The van der Waals surface area contributed by atoms with Gasteiger partial charge in [-0.05, 0) is 148 Å². The van der Waals surface area contributed by atoms with Crippen molar-refractivity contribution in [2.24, 2.45) is 0 Å². The Labute approximate surface area is 486 Å². The molecule has 0 aromatic heterocycles. The topological polar surface area (TPSA) is 78.9 Å². The molecule has 0 aliphatic heterocycles. The van der Waals surface area contributed by atoms with Crippen LogP contribution in [0.2, 0.25) is 0 Å². The molecule has 0 aromatic carbocycles. The van der Waals surface area contributed by atoms with E-state index in [1.165, 1.54) is 44.9 Å². The van der Waals surface area contributed by atoms with E-state index in [1.807, 2.05) is 0 Å². The first-order valence-electron chi connectivity index (χ1n) is 32.0. The summed E-state index contributed by atoms with van der Waals surface area (Å²) in [6.07, 6.45) is 95.4. The number of rotatable bonds is 56. The largest absolute Gasteiger partial charge is 0.462 e. The maximum atomic E-state index is 12.9. The highest BCUT2D eigenvalue weighted by molar-refractivity contribution is 5.71. The summed E-state index contributed by atoms with van der Waals surface area (Å²) in [6, 6.07) is 0. The van der Waals surface area contributed by atoms with E-state index in [9.17, 15) is 14.4 Å². The Hall–Kier alpha value is -4.97. The van der Waals surface area contributed by atoms with Gasteiger partial charge in [0.2, 0.25) is 0 Å². The summed E-state index contributed by atoms with van der Waals surface area (Å²) in [5.74, 6) is -0.956. The van der Waals surface area contributed by atoms with Crippen LogP contribution in [0.4, 0.5) is 0 Å². The number of ether oxygens (including phenoxy) is 3. The van der Waals surface area contributed by atoms with Gasteiger partial charge >= 0.3 is 17.9 Å². The molecule has 79 heavy (non-hydrogen) atoms. The highest BCUT2D eigenvalue weighted by Crippen LogP contribution is 2.13. The molecule has 0 N–H and O–H groups in total. The summed E-state index contributed by atoms with van der Waals surface area (Å²) in [7, 11) is 0. The Bertz CT molecular complexity index is 1780. The van der Waals surface area contributed by atoms with Gasteiger partial charge in [-0.1, -0.05) is 256 Å². The van der Waals surface area contributed by atoms with Crippen molar-refractivity contribution in [1.29, 1.82) is 0 Å². The van der Waals surface area contributed by atoms with Crippen molar-refractivity contribution in [3.63, 3.8) is 0 Å². The Morgan fingerprint density at radius 2 is 0.519 bits per heavy atom. The summed E-state index contributed by atoms with van der Waals surface area (Å²) in [4.78, 5) is 38.1. The van der Waals surface area contributed by atoms with E-state index in [0.29, 0.717) is 19.3 Å². The van der Waals surface area contributed by atoms with Gasteiger partial charge in [-0.2, -0.15) is 0 Å². The van der Waals surface area contributed by atoms with Crippen molar-refractivity contribution in [2.75, 3.05) is 13.2 Å². The van der Waals surface area contributed by atoms with Gasteiger partial charge in [-0.3, -0.25) is 14.4 Å². The fourth-order valence-electron chi connectivity index (χ4n) is 8.21. The molecule has 0 saturated heterocycles. The number of carbonyl (C=O) groups excluding carboxylic acids is 3. The van der Waals surface area contributed by atoms with Crippen LogP contribution in [-0.4, -0.2) is 37.2 Å². The van der Waals surface area contributed by atoms with Gasteiger partial charge in [-0.15, -0.1) is 0 Å². The summed E-state index contributed by atoms with van der Waals surface area (Å²) < 4.78 is 16.8. The second-order valence-corrected chi connectivity index (χ2v) is 20.6. The number of allylic oxidation sites excluding steroid dienone is 26. The molecule has 6 heteroatoms. The van der Waals surface area contributed by atoms with E-state index in [1.54, 1.807) is 0 Å². The van der Waals surface area contributed by atoms with Crippen LogP contribution < -0.4 is 0 Å². The van der Waals surface area contributed by atoms with E-state index in [2.05, 4.69) is 179 Å². The first-order valence-corrected chi connectivity index (χ1v) is 32.0. The minimum Gasteiger partial charge on any atom is -0.462 e. The van der Waals surface area contributed by atoms with Crippen molar-refractivity contribution < 1.29 is 28.6 Å². The normalized spacial score (nSPS) is 13.2. The maximum absolute atomic E-state index is 12.9. The molecule has 6 nitrogen and oxygen atoms in total. The van der Waals surface area contributed by atoms with Crippen molar-refractivity contribution in [3.05, 3.63) is 158 Å². The number of carbonyl (C=O) groups is 3. The van der Waals surface area contributed by atoms with Crippen LogP contribution in [0.3, 0.4) is 0 Å². The lowest BCUT2D eigenvalue weighted by Crippen LogP contribution is -2.30. The van der Waals surface area contributed by atoms with Crippen molar-refractivity contribution >= 4 is 17.9 Å². The predicted molar refractivity (Wildman–Crippen MR) is 343 cm³/mol. The van der Waals surface area contributed by atoms with Gasteiger partial charge in [0.15, 0.2) is 6.10 Å². The highest BCUT2D eigenvalue weighted by Gasteiger charge is 2.19. The van der Waals surface area contributed by atoms with Crippen molar-refractivity contribution in [2.45, 2.75) is 271 Å². The molecule has 1 unspecified atom stereocenters. The molecule has 0 aliphatic rings. The van der Waals surface area contributed by atoms with Crippen molar-refractivity contribution in [3.8, 4) is 0 Å². The average molecular weight is 1090 g/mol. The van der Waals surface area contributed by atoms with E-state index >= 15 is 0 Å². The zero-order valence-corrected chi connectivity index (χ0v) is 50.8. The van der Waals surface area contributed by atoms with E-state index in [-0.39, 0.29) is 31.1 Å². The Kier molecular flexibility index (Phi) is 61.4. The lowest BCUT2D eigenvalue weighted by Gasteiger charge is -2.18. The monoisotopic (exact) mass is 1090 g/mol. The zero-order valence-electron chi connectivity index (χ0n) is 50.8. The summed E-state index contributed by atoms with van der Waals surface area (Å²) in [5.41, 5.74) is 0. The van der Waals surface area contributed by atoms with Crippen LogP contribution in [-0.2, 0) is 28.6 Å². The standard InChI is InChI=1S/C73H116O6/c1-4-7-10-13-16-19-22-24-26-28-29-30-31-32-33-34-35-36-37-38-39-40-41-42-43-44-45-46-48-49-51-54-57-60-63-66-72(75)78-69-70(68-77-71(74)65-62-59-56-53-21-18-15-12-9-6-3)79-73(76)67-64-61-58-55-52-50-47-27-25-23-20-17-14-11-8-5-2/h7,10,12,15-16,19-20,23-24,26-27,29-30,32-33,35-36,38-39,41-42,44-45,47-49,70H,4-6,8-9,11,13-14,17-18,21-22,25,28,31,34,37,40,43,46,50-69H2,1-3H3/b10-7-,15-12-,19-16-,23-20-,26-24-,30-29-,33-32-,36-35-,39-38-,42-41-,45-44-,47-27-,49-48-. The fourth-order valence-corrected chi connectivity index (χ4v) is 8.21. The molecule has 0 aromatic rings. The molecule has 0 amide bonds. The SMILES string of the molecule is CC/C=C\C/C=C\C/C=C\C/C=C\C/C=C\C/C=C\C/C=C\C/C=C\C/C=C\C/C=C\CCCCCCC(=O)OCC(COC(=O)CCCCCCC/C=C\CCC)OC(=O)CCCCCCC/C=C\C/C=C\CCCCCC. The van der Waals surface area contributed by atoms with Crippen LogP contribution in [0.5, 0.6) is 0 Å². The Morgan fingerprint density at radius 3 is 0.835 bits per heavy atom. The van der Waals surface area contributed by atoms with Crippen LogP contribution >= 0.6 is 0 Å². The Morgan fingerprint density at radius 1 is 0.266 bits per heavy atom. The number of esters is 3. The zero-order chi connectivity index (χ0) is 57.1. The first-order chi connectivity index (χ1) is 39.0. The summed E-state index contributed by atoms with van der Waals surface area (Å²) in [5, 5.41) is 0. The molecule has 0 aliphatic carbocycles. The molecular weight excluding hydrogens is 973 g/mol. The maximum Gasteiger partial charge on any atom is 0.306 e. The van der Waals surface area contributed by atoms with E-state index in [4.69, 9.17) is 14.2 Å². The molecule has 0 saturated carbocycles. The molecule has 1 atom stereocenters. The van der Waals surface area contributed by atoms with Crippen LogP contribution in [0.15, 0.2) is 158 Å². The molecule has 0 heterocycles. The van der Waals surface area contributed by atoms with Gasteiger partial charge in [0.25, 0.3) is 0 Å². The van der Waals surface area contributed by atoms with Gasteiger partial charge in [0.05, 0.1) is 0 Å². The first kappa shape index (κ1) is 74.0. The average Bonchev–Trinajstić information content (AvgIpc) is 3.45. The smallest absolute Gasteiger partial charge is 0.306 e. The third-order valence-electron chi connectivity index (χ3n) is 13.0. The van der Waals surface area contributed by atoms with Crippen LogP contribution in [0.25, 0.3) is 0 Å². The summed E-state index contributed by atoms with van der Waals surface area (Å²) in [6.45, 7) is 6.40. The third kappa shape index (κ3) is 63.7. The number of hydrogen-bond donors (Lipinski definition) is 0. The predicted octanol–water partition coefficient (Wildman–Crippen LogP) is 22.1. The quantitative estimate of drug-likeness (QED) is 0.0261. The van der Waals surface area contributed by atoms with Gasteiger partial charge in [-0.25, -0.2) is 0 Å². The van der Waals surface area contributed by atoms with Crippen LogP contribution in [0.1, 0.15) is 265 Å². The Balaban J connectivity index is 4.30. The molecule has 0 radical (unpaired) electrons. The van der Waals surface area contributed by atoms with Gasteiger partial charge in [0, 0.05) is 19.3 Å². The lowest BCUT2D eigenvalue weighted by molar-refractivity contribution is -0.167. The molecule has 0 spiro atoms. The van der Waals surface area contributed by atoms with E-state index < -0.39 is 6.10 Å². The van der Waals surface area contributed by atoms with Gasteiger partial charge < -0.3 is 14.2 Å². The second-order valence-electron chi connectivity index (χ2n) is 20.6. The number of hydrogen-bond acceptors (Lipinski definition) is 6. The van der Waals surface area contributed by atoms with Crippen molar-refractivity contribution in [1.82, 2.24) is 0 Å². The van der Waals surface area contributed by atoms with E-state index in [0.717, 1.165) is 180 Å².